The fourth-order valence-electron chi connectivity index (χ4n) is 3.64. The minimum atomic E-state index is -0.408. The van der Waals surface area contributed by atoms with Gasteiger partial charge < -0.3 is 14.8 Å². The van der Waals surface area contributed by atoms with Crippen molar-refractivity contribution in [2.45, 2.75) is 13.1 Å². The number of ether oxygens (including phenoxy) is 2. The standard InChI is InChI=1S/C25H21N5O5/c31-23(26-12-13-29-24(32)10-7-19(27-29)17-4-2-1-3-5-17)15-30-25(33)11-8-20(28-30)18-6-9-21-22(14-18)35-16-34-21/h1-11,14H,12-13,15-16H2,(H,26,31). The average Bonchev–Trinajstić information content (AvgIpc) is 3.35. The fourth-order valence-corrected chi connectivity index (χ4v) is 3.64. The summed E-state index contributed by atoms with van der Waals surface area (Å²) in [7, 11) is 0. The topological polar surface area (TPSA) is 117 Å². The van der Waals surface area contributed by atoms with E-state index < -0.39 is 11.5 Å². The Kier molecular flexibility index (Phi) is 6.08. The van der Waals surface area contributed by atoms with E-state index in [1.807, 2.05) is 30.3 Å². The molecule has 0 fully saturated rings. The minimum Gasteiger partial charge on any atom is -0.454 e. The molecular formula is C25H21N5O5. The Morgan fingerprint density at radius 1 is 0.800 bits per heavy atom. The van der Waals surface area contributed by atoms with Crippen molar-refractivity contribution in [2.24, 2.45) is 0 Å². The fraction of sp³-hybridized carbons (Fsp3) is 0.160. The molecule has 5 rings (SSSR count). The highest BCUT2D eigenvalue weighted by atomic mass is 16.7. The molecule has 0 saturated carbocycles. The molecule has 0 saturated heterocycles. The van der Waals surface area contributed by atoms with E-state index >= 15 is 0 Å². The van der Waals surface area contributed by atoms with Crippen molar-refractivity contribution in [3.63, 3.8) is 0 Å². The molecule has 0 atom stereocenters. The largest absolute Gasteiger partial charge is 0.454 e. The van der Waals surface area contributed by atoms with Crippen LogP contribution in [0.4, 0.5) is 0 Å². The molecule has 1 aliphatic rings. The number of nitrogens with zero attached hydrogens (tertiary/aromatic N) is 4. The Morgan fingerprint density at radius 2 is 1.49 bits per heavy atom. The van der Waals surface area contributed by atoms with E-state index in [0.717, 1.165) is 15.8 Å². The maximum absolute atomic E-state index is 12.5. The predicted molar refractivity (Wildman–Crippen MR) is 127 cm³/mol. The third kappa shape index (κ3) is 4.96. The maximum atomic E-state index is 12.5. The predicted octanol–water partition coefficient (Wildman–Crippen LogP) is 1.68. The van der Waals surface area contributed by atoms with E-state index in [4.69, 9.17) is 9.47 Å². The van der Waals surface area contributed by atoms with Crippen molar-refractivity contribution in [3.05, 3.63) is 93.5 Å². The van der Waals surface area contributed by atoms with Crippen LogP contribution in [0.3, 0.4) is 0 Å². The summed E-state index contributed by atoms with van der Waals surface area (Å²) in [6.45, 7) is 0.249. The second kappa shape index (κ2) is 9.64. The lowest BCUT2D eigenvalue weighted by atomic mass is 10.1. The van der Waals surface area contributed by atoms with Crippen molar-refractivity contribution in [1.82, 2.24) is 24.9 Å². The maximum Gasteiger partial charge on any atom is 0.267 e. The number of carbonyl (C=O) groups excluding carboxylic acids is 1. The van der Waals surface area contributed by atoms with Crippen LogP contribution in [0.25, 0.3) is 22.5 Å². The number of aromatic nitrogens is 4. The summed E-state index contributed by atoms with van der Waals surface area (Å²) in [5, 5.41) is 11.4. The van der Waals surface area contributed by atoms with Gasteiger partial charge in [-0.25, -0.2) is 9.36 Å². The first-order valence-electron chi connectivity index (χ1n) is 11.0. The quantitative estimate of drug-likeness (QED) is 0.436. The van der Waals surface area contributed by atoms with E-state index in [-0.39, 0.29) is 32.0 Å². The molecule has 2 aromatic carbocycles. The zero-order valence-corrected chi connectivity index (χ0v) is 18.6. The number of hydrogen-bond acceptors (Lipinski definition) is 7. The molecule has 176 valence electrons. The number of carbonyl (C=O) groups is 1. The lowest BCUT2D eigenvalue weighted by Gasteiger charge is -2.10. The first-order valence-corrected chi connectivity index (χ1v) is 11.0. The highest BCUT2D eigenvalue weighted by molar-refractivity contribution is 5.75. The van der Waals surface area contributed by atoms with E-state index in [0.29, 0.717) is 22.9 Å². The van der Waals surface area contributed by atoms with Crippen molar-refractivity contribution >= 4 is 5.91 Å². The van der Waals surface area contributed by atoms with Crippen LogP contribution < -0.4 is 25.9 Å². The van der Waals surface area contributed by atoms with E-state index in [1.54, 1.807) is 30.3 Å². The first-order chi connectivity index (χ1) is 17.1. The molecule has 0 aliphatic carbocycles. The third-order valence-electron chi connectivity index (χ3n) is 5.41. The molecule has 1 aliphatic heterocycles. The van der Waals surface area contributed by atoms with Gasteiger partial charge in [-0.1, -0.05) is 30.3 Å². The van der Waals surface area contributed by atoms with Gasteiger partial charge in [-0.05, 0) is 30.3 Å². The summed E-state index contributed by atoms with van der Waals surface area (Å²) in [5.41, 5.74) is 2.12. The van der Waals surface area contributed by atoms with Gasteiger partial charge in [-0.2, -0.15) is 10.2 Å². The number of nitrogens with one attached hydrogen (secondary N) is 1. The molecule has 10 nitrogen and oxygen atoms in total. The molecule has 0 unspecified atom stereocenters. The average molecular weight is 471 g/mol. The Morgan fingerprint density at radius 3 is 2.29 bits per heavy atom. The van der Waals surface area contributed by atoms with Crippen LogP contribution in [0.5, 0.6) is 11.5 Å². The molecule has 10 heteroatoms. The van der Waals surface area contributed by atoms with E-state index in [2.05, 4.69) is 15.5 Å². The number of amides is 1. The van der Waals surface area contributed by atoms with Gasteiger partial charge in [0, 0.05) is 29.8 Å². The second-order valence-corrected chi connectivity index (χ2v) is 7.78. The van der Waals surface area contributed by atoms with Gasteiger partial charge in [0.25, 0.3) is 11.1 Å². The lowest BCUT2D eigenvalue weighted by Crippen LogP contribution is -2.36. The van der Waals surface area contributed by atoms with Crippen molar-refractivity contribution < 1.29 is 14.3 Å². The Bertz CT molecular complexity index is 1500. The molecule has 35 heavy (non-hydrogen) atoms. The minimum absolute atomic E-state index is 0.157. The van der Waals surface area contributed by atoms with Crippen LogP contribution in [0, 0.1) is 0 Å². The lowest BCUT2D eigenvalue weighted by molar-refractivity contribution is -0.121. The van der Waals surface area contributed by atoms with Gasteiger partial charge in [-0.3, -0.25) is 14.4 Å². The van der Waals surface area contributed by atoms with Crippen LogP contribution >= 0.6 is 0 Å². The van der Waals surface area contributed by atoms with Gasteiger partial charge in [0.2, 0.25) is 12.7 Å². The summed E-state index contributed by atoms with van der Waals surface area (Å²) >= 11 is 0. The molecule has 0 spiro atoms. The number of hydrogen-bond donors (Lipinski definition) is 1. The third-order valence-corrected chi connectivity index (χ3v) is 5.41. The molecule has 2 aromatic heterocycles. The summed E-state index contributed by atoms with van der Waals surface area (Å²) in [6.07, 6.45) is 0. The first kappa shape index (κ1) is 22.1. The zero-order valence-electron chi connectivity index (χ0n) is 18.6. The molecular weight excluding hydrogens is 450 g/mol. The Balaban J connectivity index is 1.23. The van der Waals surface area contributed by atoms with Crippen molar-refractivity contribution in [3.8, 4) is 34.0 Å². The summed E-state index contributed by atoms with van der Waals surface area (Å²) in [6, 6.07) is 20.9. The van der Waals surface area contributed by atoms with Crippen LogP contribution in [0.2, 0.25) is 0 Å². The van der Waals surface area contributed by atoms with Crippen LogP contribution in [-0.2, 0) is 17.9 Å². The summed E-state index contributed by atoms with van der Waals surface area (Å²) in [5.74, 6) is 0.832. The van der Waals surface area contributed by atoms with Crippen LogP contribution in [0.1, 0.15) is 0 Å². The number of fused-ring (bicyclic) bond motifs is 1. The van der Waals surface area contributed by atoms with E-state index in [1.165, 1.54) is 16.8 Å². The summed E-state index contributed by atoms with van der Waals surface area (Å²) in [4.78, 5) is 36.9. The number of benzene rings is 2. The zero-order chi connectivity index (χ0) is 24.2. The highest BCUT2D eigenvalue weighted by Gasteiger charge is 2.15. The number of rotatable bonds is 7. The second-order valence-electron chi connectivity index (χ2n) is 7.78. The SMILES string of the molecule is O=C(Cn1nc(-c2ccc3c(c2)OCO3)ccc1=O)NCCn1nc(-c2ccccc2)ccc1=O. The van der Waals surface area contributed by atoms with Crippen LogP contribution in [0.15, 0.2) is 82.4 Å². The van der Waals surface area contributed by atoms with Gasteiger partial charge in [0.05, 0.1) is 17.9 Å². The Labute approximate surface area is 199 Å². The molecule has 0 bridgehead atoms. The van der Waals surface area contributed by atoms with Crippen molar-refractivity contribution in [2.75, 3.05) is 13.3 Å². The van der Waals surface area contributed by atoms with Gasteiger partial charge >= 0.3 is 0 Å². The Hall–Kier alpha value is -4.73. The van der Waals surface area contributed by atoms with Gasteiger partial charge in [-0.15, -0.1) is 0 Å². The van der Waals surface area contributed by atoms with Crippen molar-refractivity contribution in [1.29, 1.82) is 0 Å². The molecule has 3 heterocycles. The van der Waals surface area contributed by atoms with E-state index in [9.17, 15) is 14.4 Å². The monoisotopic (exact) mass is 471 g/mol. The van der Waals surface area contributed by atoms with Crippen LogP contribution in [-0.4, -0.2) is 38.8 Å². The molecule has 4 aromatic rings. The smallest absolute Gasteiger partial charge is 0.267 e. The normalized spacial score (nSPS) is 11.9. The molecule has 0 radical (unpaired) electrons. The molecule has 1 amide bonds. The highest BCUT2D eigenvalue weighted by Crippen LogP contribution is 2.35. The van der Waals surface area contributed by atoms with Gasteiger partial charge in [0.15, 0.2) is 11.5 Å². The molecule has 1 N–H and O–H groups in total. The summed E-state index contributed by atoms with van der Waals surface area (Å²) < 4.78 is 13.1. The van der Waals surface area contributed by atoms with Gasteiger partial charge in [0.1, 0.15) is 6.54 Å².